The molecule has 0 aliphatic rings. The molecule has 0 spiro atoms. The average molecular weight is 179 g/mol. The number of pyridine rings is 1. The highest BCUT2D eigenvalue weighted by Gasteiger charge is 2.32. The van der Waals surface area contributed by atoms with Crippen LogP contribution >= 0.6 is 0 Å². The average Bonchev–Trinajstić information content (AvgIpc) is 2.17. The Balaban J connectivity index is 3.11. The molecule has 0 amide bonds. The van der Waals surface area contributed by atoms with Crippen LogP contribution in [0.1, 0.15) is 25.8 Å². The Labute approximate surface area is 77.4 Å². The molecule has 0 bridgehead atoms. The number of hydrogen-bond donors (Lipinski definition) is 1. The van der Waals surface area contributed by atoms with E-state index in [0.29, 0.717) is 6.42 Å². The SMILES string of the molecule is CCC(C)(C(=O)O)c1ccncc1. The topological polar surface area (TPSA) is 50.2 Å². The third-order valence-electron chi connectivity index (χ3n) is 2.50. The van der Waals surface area contributed by atoms with Crippen molar-refractivity contribution in [2.45, 2.75) is 25.7 Å². The van der Waals surface area contributed by atoms with Gasteiger partial charge in [0.05, 0.1) is 5.41 Å². The maximum atomic E-state index is 11.0. The molecular formula is C10H13NO2. The minimum Gasteiger partial charge on any atom is -0.481 e. The molecule has 1 aromatic rings. The van der Waals surface area contributed by atoms with E-state index in [0.717, 1.165) is 5.56 Å². The zero-order valence-electron chi connectivity index (χ0n) is 7.82. The summed E-state index contributed by atoms with van der Waals surface area (Å²) in [5.41, 5.74) is 0.0145. The number of rotatable bonds is 3. The van der Waals surface area contributed by atoms with Gasteiger partial charge in [0.1, 0.15) is 0 Å². The zero-order chi connectivity index (χ0) is 9.90. The Morgan fingerprint density at radius 1 is 1.54 bits per heavy atom. The second-order valence-electron chi connectivity index (χ2n) is 3.23. The zero-order valence-corrected chi connectivity index (χ0v) is 7.82. The van der Waals surface area contributed by atoms with Gasteiger partial charge in [-0.3, -0.25) is 9.78 Å². The van der Waals surface area contributed by atoms with Crippen molar-refractivity contribution in [3.05, 3.63) is 30.1 Å². The number of carboxylic acid groups (broad SMARTS) is 1. The first kappa shape index (κ1) is 9.71. The molecule has 0 saturated carbocycles. The number of carboxylic acids is 1. The number of aliphatic carboxylic acids is 1. The molecule has 3 heteroatoms. The van der Waals surface area contributed by atoms with E-state index in [9.17, 15) is 4.79 Å². The van der Waals surface area contributed by atoms with Crippen molar-refractivity contribution in [1.82, 2.24) is 4.98 Å². The Morgan fingerprint density at radius 3 is 2.46 bits per heavy atom. The first-order chi connectivity index (χ1) is 6.11. The number of hydrogen-bond acceptors (Lipinski definition) is 2. The molecule has 3 nitrogen and oxygen atoms in total. The lowest BCUT2D eigenvalue weighted by Gasteiger charge is -2.22. The predicted molar refractivity (Wildman–Crippen MR) is 49.5 cm³/mol. The van der Waals surface area contributed by atoms with Crippen LogP contribution in [-0.2, 0) is 10.2 Å². The molecule has 0 saturated heterocycles. The monoisotopic (exact) mass is 179 g/mol. The molecule has 0 aromatic carbocycles. The van der Waals surface area contributed by atoms with E-state index in [1.807, 2.05) is 6.92 Å². The van der Waals surface area contributed by atoms with Gasteiger partial charge in [0, 0.05) is 12.4 Å². The third kappa shape index (κ3) is 1.69. The molecule has 1 rings (SSSR count). The molecule has 0 fully saturated rings. The summed E-state index contributed by atoms with van der Waals surface area (Å²) in [6.45, 7) is 3.60. The molecule has 1 heterocycles. The van der Waals surface area contributed by atoms with Crippen molar-refractivity contribution >= 4 is 5.97 Å². The maximum absolute atomic E-state index is 11.0. The van der Waals surface area contributed by atoms with Crippen molar-refractivity contribution in [3.8, 4) is 0 Å². The summed E-state index contributed by atoms with van der Waals surface area (Å²) in [6.07, 6.45) is 3.81. The Kier molecular flexibility index (Phi) is 2.66. The quantitative estimate of drug-likeness (QED) is 0.770. The Morgan fingerprint density at radius 2 is 2.08 bits per heavy atom. The maximum Gasteiger partial charge on any atom is 0.313 e. The fourth-order valence-electron chi connectivity index (χ4n) is 1.20. The summed E-state index contributed by atoms with van der Waals surface area (Å²) < 4.78 is 0. The second-order valence-corrected chi connectivity index (χ2v) is 3.23. The van der Waals surface area contributed by atoms with Crippen LogP contribution in [0.25, 0.3) is 0 Å². The summed E-state index contributed by atoms with van der Waals surface area (Å²) in [7, 11) is 0. The largest absolute Gasteiger partial charge is 0.481 e. The summed E-state index contributed by atoms with van der Waals surface area (Å²) in [4.78, 5) is 14.9. The van der Waals surface area contributed by atoms with Crippen LogP contribution in [0, 0.1) is 0 Å². The first-order valence-corrected chi connectivity index (χ1v) is 4.25. The van der Waals surface area contributed by atoms with E-state index < -0.39 is 11.4 Å². The summed E-state index contributed by atoms with van der Waals surface area (Å²) in [5.74, 6) is -0.791. The highest BCUT2D eigenvalue weighted by molar-refractivity contribution is 5.80. The fraction of sp³-hybridized carbons (Fsp3) is 0.400. The number of nitrogens with zero attached hydrogens (tertiary/aromatic N) is 1. The van der Waals surface area contributed by atoms with E-state index in [4.69, 9.17) is 5.11 Å². The van der Waals surface area contributed by atoms with E-state index in [1.54, 1.807) is 31.5 Å². The van der Waals surface area contributed by atoms with E-state index in [1.165, 1.54) is 0 Å². The van der Waals surface area contributed by atoms with Gasteiger partial charge in [0.2, 0.25) is 0 Å². The van der Waals surface area contributed by atoms with Crippen LogP contribution in [0.5, 0.6) is 0 Å². The highest BCUT2D eigenvalue weighted by Crippen LogP contribution is 2.26. The van der Waals surface area contributed by atoms with Crippen molar-refractivity contribution in [1.29, 1.82) is 0 Å². The smallest absolute Gasteiger partial charge is 0.313 e. The van der Waals surface area contributed by atoms with Crippen LogP contribution in [0.3, 0.4) is 0 Å². The summed E-state index contributed by atoms with van der Waals surface area (Å²) in [5, 5.41) is 9.07. The van der Waals surface area contributed by atoms with Crippen molar-refractivity contribution in [3.63, 3.8) is 0 Å². The Bertz CT molecular complexity index is 297. The van der Waals surface area contributed by atoms with Gasteiger partial charge in [-0.25, -0.2) is 0 Å². The van der Waals surface area contributed by atoms with Gasteiger partial charge in [-0.2, -0.15) is 0 Å². The second kappa shape index (κ2) is 3.56. The molecule has 1 aromatic heterocycles. The molecule has 13 heavy (non-hydrogen) atoms. The number of aromatic nitrogens is 1. The molecule has 0 radical (unpaired) electrons. The van der Waals surface area contributed by atoms with Gasteiger partial charge in [-0.1, -0.05) is 6.92 Å². The number of carbonyl (C=O) groups is 1. The van der Waals surface area contributed by atoms with Crippen LogP contribution in [0.15, 0.2) is 24.5 Å². The third-order valence-corrected chi connectivity index (χ3v) is 2.50. The lowest BCUT2D eigenvalue weighted by Crippen LogP contribution is -2.31. The van der Waals surface area contributed by atoms with Crippen LogP contribution in [0.4, 0.5) is 0 Å². The van der Waals surface area contributed by atoms with Crippen molar-refractivity contribution < 1.29 is 9.90 Å². The van der Waals surface area contributed by atoms with Gasteiger partial charge in [-0.05, 0) is 31.0 Å². The van der Waals surface area contributed by atoms with Crippen LogP contribution < -0.4 is 0 Å². The first-order valence-electron chi connectivity index (χ1n) is 4.25. The predicted octanol–water partition coefficient (Wildman–Crippen LogP) is 1.83. The van der Waals surface area contributed by atoms with E-state index in [2.05, 4.69) is 4.98 Å². The molecule has 1 unspecified atom stereocenters. The van der Waals surface area contributed by atoms with E-state index in [-0.39, 0.29) is 0 Å². The van der Waals surface area contributed by atoms with Gasteiger partial charge in [0.25, 0.3) is 0 Å². The molecule has 1 atom stereocenters. The molecule has 70 valence electrons. The van der Waals surface area contributed by atoms with Crippen molar-refractivity contribution in [2.24, 2.45) is 0 Å². The molecule has 0 aliphatic heterocycles. The minimum atomic E-state index is -0.791. The Hall–Kier alpha value is -1.38. The van der Waals surface area contributed by atoms with Crippen LogP contribution in [0.2, 0.25) is 0 Å². The lowest BCUT2D eigenvalue weighted by molar-refractivity contribution is -0.143. The summed E-state index contributed by atoms with van der Waals surface area (Å²) in [6, 6.07) is 3.50. The van der Waals surface area contributed by atoms with E-state index >= 15 is 0 Å². The molecule has 0 aliphatic carbocycles. The standard InChI is InChI=1S/C10H13NO2/c1-3-10(2,9(12)13)8-4-6-11-7-5-8/h4-7H,3H2,1-2H3,(H,12,13). The molecular weight excluding hydrogens is 166 g/mol. The van der Waals surface area contributed by atoms with Gasteiger partial charge in [-0.15, -0.1) is 0 Å². The normalized spacial score (nSPS) is 14.9. The van der Waals surface area contributed by atoms with Gasteiger partial charge < -0.3 is 5.11 Å². The van der Waals surface area contributed by atoms with Gasteiger partial charge in [0.15, 0.2) is 0 Å². The van der Waals surface area contributed by atoms with Gasteiger partial charge >= 0.3 is 5.97 Å². The lowest BCUT2D eigenvalue weighted by atomic mass is 9.81. The van der Waals surface area contributed by atoms with Crippen LogP contribution in [-0.4, -0.2) is 16.1 Å². The highest BCUT2D eigenvalue weighted by atomic mass is 16.4. The minimum absolute atomic E-state index is 0.576. The summed E-state index contributed by atoms with van der Waals surface area (Å²) >= 11 is 0. The van der Waals surface area contributed by atoms with Crippen molar-refractivity contribution in [2.75, 3.05) is 0 Å². The fourth-order valence-corrected chi connectivity index (χ4v) is 1.20. The molecule has 1 N–H and O–H groups in total.